The Morgan fingerprint density at radius 3 is 2.31 bits per heavy atom. The van der Waals surface area contributed by atoms with Crippen LogP contribution in [-0.2, 0) is 14.3 Å². The molecule has 3 aromatic rings. The van der Waals surface area contributed by atoms with E-state index >= 15 is 0 Å². The van der Waals surface area contributed by atoms with E-state index in [0.717, 1.165) is 0 Å². The van der Waals surface area contributed by atoms with Crippen LogP contribution in [-0.4, -0.2) is 19.0 Å². The van der Waals surface area contributed by atoms with E-state index in [2.05, 4.69) is 0 Å². The fourth-order valence-corrected chi connectivity index (χ4v) is 3.54. The monoisotopic (exact) mass is 429 g/mol. The molecule has 0 radical (unpaired) electrons. The number of anilines is 1. The van der Waals surface area contributed by atoms with Gasteiger partial charge in [-0.25, -0.2) is 9.18 Å². The highest BCUT2D eigenvalue weighted by molar-refractivity contribution is 6.23. The fraction of sp³-hybridized carbons (Fsp3) is 0.0769. The normalized spacial score (nSPS) is 14.8. The molecule has 1 aliphatic rings. The lowest BCUT2D eigenvalue weighted by Crippen LogP contribution is -2.24. The standard InChI is InChI=1S/C26H20FNO4/c1-17-24(26(30)31-2)23(25(29)28(17)20-13-11-19(27)12-14-20)16-18-7-6-10-22(15-18)32-21-8-4-3-5-9-21/h3-16H,1-2H3/b23-16-. The maximum atomic E-state index is 13.4. The van der Waals surface area contributed by atoms with Crippen molar-refractivity contribution in [2.24, 2.45) is 0 Å². The molecule has 4 rings (SSSR count). The van der Waals surface area contributed by atoms with E-state index in [9.17, 15) is 14.0 Å². The molecule has 1 amide bonds. The highest BCUT2D eigenvalue weighted by atomic mass is 19.1. The summed E-state index contributed by atoms with van der Waals surface area (Å²) in [6.45, 7) is 1.66. The van der Waals surface area contributed by atoms with Gasteiger partial charge in [-0.05, 0) is 67.1 Å². The van der Waals surface area contributed by atoms with Gasteiger partial charge in [-0.2, -0.15) is 0 Å². The van der Waals surface area contributed by atoms with E-state index in [-0.39, 0.29) is 11.1 Å². The Bertz CT molecular complexity index is 1230. The fourth-order valence-electron chi connectivity index (χ4n) is 3.54. The molecule has 0 spiro atoms. The number of amides is 1. The van der Waals surface area contributed by atoms with Gasteiger partial charge in [0.05, 0.1) is 18.3 Å². The summed E-state index contributed by atoms with van der Waals surface area (Å²) in [5.41, 5.74) is 1.90. The summed E-state index contributed by atoms with van der Waals surface area (Å²) in [4.78, 5) is 27.2. The third-order valence-corrected chi connectivity index (χ3v) is 5.02. The molecule has 0 fully saturated rings. The molecule has 0 saturated heterocycles. The summed E-state index contributed by atoms with van der Waals surface area (Å²) in [5.74, 6) is -0.164. The van der Waals surface area contributed by atoms with Crippen LogP contribution in [0.25, 0.3) is 6.08 Å². The van der Waals surface area contributed by atoms with Gasteiger partial charge in [0.1, 0.15) is 17.3 Å². The van der Waals surface area contributed by atoms with Crippen molar-refractivity contribution in [2.45, 2.75) is 6.92 Å². The Morgan fingerprint density at radius 2 is 1.62 bits per heavy atom. The molecule has 1 heterocycles. The Balaban J connectivity index is 1.73. The number of carbonyl (C=O) groups is 2. The van der Waals surface area contributed by atoms with Gasteiger partial charge in [-0.1, -0.05) is 30.3 Å². The zero-order chi connectivity index (χ0) is 22.7. The second-order valence-electron chi connectivity index (χ2n) is 7.11. The average molecular weight is 429 g/mol. The first kappa shape index (κ1) is 21.1. The number of benzene rings is 3. The molecule has 1 aliphatic heterocycles. The molecule has 0 atom stereocenters. The van der Waals surface area contributed by atoms with Crippen molar-refractivity contribution in [3.05, 3.63) is 107 Å². The van der Waals surface area contributed by atoms with Crippen molar-refractivity contribution in [1.82, 2.24) is 0 Å². The summed E-state index contributed by atoms with van der Waals surface area (Å²) < 4.78 is 24.2. The number of hydrogen-bond acceptors (Lipinski definition) is 4. The number of nitrogens with zero attached hydrogens (tertiary/aromatic N) is 1. The molecule has 32 heavy (non-hydrogen) atoms. The number of halogens is 1. The van der Waals surface area contributed by atoms with Crippen LogP contribution in [0.3, 0.4) is 0 Å². The number of para-hydroxylation sites is 1. The zero-order valence-corrected chi connectivity index (χ0v) is 17.5. The number of hydrogen-bond donors (Lipinski definition) is 0. The first-order chi connectivity index (χ1) is 15.5. The quantitative estimate of drug-likeness (QED) is 0.397. The Hall–Kier alpha value is -4.19. The second-order valence-corrected chi connectivity index (χ2v) is 7.11. The summed E-state index contributed by atoms with van der Waals surface area (Å²) >= 11 is 0. The summed E-state index contributed by atoms with van der Waals surface area (Å²) in [5, 5.41) is 0. The van der Waals surface area contributed by atoms with Gasteiger partial charge in [0.25, 0.3) is 5.91 Å². The lowest BCUT2D eigenvalue weighted by molar-refractivity contribution is -0.136. The first-order valence-corrected chi connectivity index (χ1v) is 9.92. The van der Waals surface area contributed by atoms with E-state index in [0.29, 0.717) is 28.4 Å². The van der Waals surface area contributed by atoms with Crippen molar-refractivity contribution in [3.8, 4) is 11.5 Å². The topological polar surface area (TPSA) is 55.8 Å². The Kier molecular flexibility index (Phi) is 5.85. The molecule has 5 nitrogen and oxygen atoms in total. The number of methoxy groups -OCH3 is 1. The molecule has 0 N–H and O–H groups in total. The predicted molar refractivity (Wildman–Crippen MR) is 120 cm³/mol. The van der Waals surface area contributed by atoms with Crippen LogP contribution < -0.4 is 9.64 Å². The van der Waals surface area contributed by atoms with Crippen LogP contribution in [0.2, 0.25) is 0 Å². The van der Waals surface area contributed by atoms with E-state index < -0.39 is 17.7 Å². The minimum atomic E-state index is -0.622. The molecular formula is C26H20FNO4. The number of esters is 1. The Morgan fingerprint density at radius 1 is 0.938 bits per heavy atom. The Labute approximate surface area is 185 Å². The summed E-state index contributed by atoms with van der Waals surface area (Å²) in [6.07, 6.45) is 1.62. The van der Waals surface area contributed by atoms with Gasteiger partial charge >= 0.3 is 5.97 Å². The maximum absolute atomic E-state index is 13.4. The van der Waals surface area contributed by atoms with Gasteiger partial charge in [0.2, 0.25) is 0 Å². The molecule has 0 aromatic heterocycles. The third-order valence-electron chi connectivity index (χ3n) is 5.02. The largest absolute Gasteiger partial charge is 0.465 e. The first-order valence-electron chi connectivity index (χ1n) is 9.92. The van der Waals surface area contributed by atoms with Gasteiger partial charge in [-0.15, -0.1) is 0 Å². The van der Waals surface area contributed by atoms with Gasteiger partial charge < -0.3 is 9.47 Å². The zero-order valence-electron chi connectivity index (χ0n) is 17.5. The van der Waals surface area contributed by atoms with Crippen molar-refractivity contribution in [2.75, 3.05) is 12.0 Å². The minimum Gasteiger partial charge on any atom is -0.465 e. The minimum absolute atomic E-state index is 0.163. The summed E-state index contributed by atoms with van der Waals surface area (Å²) in [7, 11) is 1.26. The molecule has 0 saturated carbocycles. The molecular weight excluding hydrogens is 409 g/mol. The van der Waals surface area contributed by atoms with Crippen LogP contribution in [0, 0.1) is 5.82 Å². The van der Waals surface area contributed by atoms with Gasteiger partial charge in [0.15, 0.2) is 0 Å². The lowest BCUT2D eigenvalue weighted by Gasteiger charge is -2.17. The third kappa shape index (κ3) is 4.16. The van der Waals surface area contributed by atoms with E-state index in [4.69, 9.17) is 9.47 Å². The number of rotatable bonds is 5. The molecule has 160 valence electrons. The highest BCUT2D eigenvalue weighted by Gasteiger charge is 2.37. The molecule has 6 heteroatoms. The molecule has 0 aliphatic carbocycles. The van der Waals surface area contributed by atoms with E-state index in [1.165, 1.54) is 36.3 Å². The van der Waals surface area contributed by atoms with Gasteiger partial charge in [0, 0.05) is 11.4 Å². The van der Waals surface area contributed by atoms with E-state index in [1.54, 1.807) is 31.2 Å². The van der Waals surface area contributed by atoms with Crippen LogP contribution in [0.1, 0.15) is 12.5 Å². The highest BCUT2D eigenvalue weighted by Crippen LogP contribution is 2.36. The smallest absolute Gasteiger partial charge is 0.340 e. The molecule has 3 aromatic carbocycles. The maximum Gasteiger partial charge on any atom is 0.340 e. The molecule has 0 bridgehead atoms. The lowest BCUT2D eigenvalue weighted by atomic mass is 10.0. The predicted octanol–water partition coefficient (Wildman–Crippen LogP) is 5.50. The summed E-state index contributed by atoms with van der Waals surface area (Å²) in [6, 6.07) is 22.0. The van der Waals surface area contributed by atoms with Crippen molar-refractivity contribution in [1.29, 1.82) is 0 Å². The van der Waals surface area contributed by atoms with E-state index in [1.807, 2.05) is 36.4 Å². The second kappa shape index (κ2) is 8.89. The van der Waals surface area contributed by atoms with Crippen LogP contribution in [0.5, 0.6) is 11.5 Å². The van der Waals surface area contributed by atoms with Crippen LogP contribution >= 0.6 is 0 Å². The van der Waals surface area contributed by atoms with Crippen molar-refractivity contribution >= 4 is 23.6 Å². The number of ether oxygens (including phenoxy) is 2. The number of carbonyl (C=O) groups excluding carboxylic acids is 2. The van der Waals surface area contributed by atoms with Crippen molar-refractivity contribution < 1.29 is 23.5 Å². The average Bonchev–Trinajstić information content (AvgIpc) is 3.04. The van der Waals surface area contributed by atoms with Crippen LogP contribution in [0.4, 0.5) is 10.1 Å². The van der Waals surface area contributed by atoms with Crippen molar-refractivity contribution in [3.63, 3.8) is 0 Å². The molecule has 0 unspecified atom stereocenters. The number of allylic oxidation sites excluding steroid dienone is 1. The SMILES string of the molecule is COC(=O)C1=C(C)N(c2ccc(F)cc2)C(=O)/C1=C\c1cccc(Oc2ccccc2)c1. The van der Waals surface area contributed by atoms with Crippen LogP contribution in [0.15, 0.2) is 95.7 Å². The van der Waals surface area contributed by atoms with Gasteiger partial charge in [-0.3, -0.25) is 9.69 Å².